The smallest absolute Gasteiger partial charge is 0.237 e. The molecule has 0 atom stereocenters. The minimum absolute atomic E-state index is 0.0516. The van der Waals surface area contributed by atoms with Crippen LogP contribution < -0.4 is 14.4 Å². The van der Waals surface area contributed by atoms with Crippen LogP contribution in [0.4, 0.5) is 5.69 Å². The Morgan fingerprint density at radius 2 is 1.69 bits per heavy atom. The largest absolute Gasteiger partial charge is 0.497 e. The van der Waals surface area contributed by atoms with Crippen molar-refractivity contribution in [2.75, 3.05) is 31.4 Å². The first kappa shape index (κ1) is 24.1. The van der Waals surface area contributed by atoms with E-state index in [1.165, 1.54) is 11.8 Å². The number of aromatic nitrogens is 3. The Bertz CT molecular complexity index is 1290. The van der Waals surface area contributed by atoms with Gasteiger partial charge in [-0.05, 0) is 48.5 Å². The zero-order valence-corrected chi connectivity index (χ0v) is 20.4. The van der Waals surface area contributed by atoms with Gasteiger partial charge in [0.15, 0.2) is 11.0 Å². The molecule has 0 unspecified atom stereocenters. The van der Waals surface area contributed by atoms with Crippen LogP contribution in [0.2, 0.25) is 0 Å². The molecule has 0 aliphatic heterocycles. The van der Waals surface area contributed by atoms with E-state index in [-0.39, 0.29) is 11.7 Å². The molecular formula is C27H26N4O3S. The highest BCUT2D eigenvalue weighted by Gasteiger charge is 2.21. The first-order chi connectivity index (χ1) is 17.2. The fraction of sp³-hybridized carbons (Fsp3) is 0.148. The van der Waals surface area contributed by atoms with Crippen LogP contribution in [0.5, 0.6) is 11.5 Å². The summed E-state index contributed by atoms with van der Waals surface area (Å²) in [4.78, 5) is 14.9. The number of ether oxygens (including phenoxy) is 2. The van der Waals surface area contributed by atoms with E-state index in [0.717, 1.165) is 22.7 Å². The van der Waals surface area contributed by atoms with E-state index in [1.807, 2.05) is 83.4 Å². The lowest BCUT2D eigenvalue weighted by molar-refractivity contribution is -0.116. The highest BCUT2D eigenvalue weighted by Crippen LogP contribution is 2.33. The van der Waals surface area contributed by atoms with Crippen molar-refractivity contribution in [1.29, 1.82) is 0 Å². The molecule has 178 valence electrons. The van der Waals surface area contributed by atoms with Gasteiger partial charge in [-0.2, -0.15) is 0 Å². The summed E-state index contributed by atoms with van der Waals surface area (Å²) in [6.45, 7) is 4.22. The third-order valence-corrected chi connectivity index (χ3v) is 6.23. The number of carbonyl (C=O) groups is 1. The molecular weight excluding hydrogens is 460 g/mol. The second kappa shape index (κ2) is 11.4. The van der Waals surface area contributed by atoms with Gasteiger partial charge in [0.2, 0.25) is 5.91 Å². The monoisotopic (exact) mass is 486 g/mol. The molecule has 0 saturated carbocycles. The highest BCUT2D eigenvalue weighted by molar-refractivity contribution is 7.99. The van der Waals surface area contributed by atoms with Gasteiger partial charge in [-0.1, -0.05) is 48.2 Å². The average Bonchev–Trinajstić information content (AvgIpc) is 3.34. The summed E-state index contributed by atoms with van der Waals surface area (Å²) in [5.74, 6) is 2.18. The predicted molar refractivity (Wildman–Crippen MR) is 140 cm³/mol. The van der Waals surface area contributed by atoms with Crippen molar-refractivity contribution >= 4 is 23.4 Å². The summed E-state index contributed by atoms with van der Waals surface area (Å²) >= 11 is 1.33. The van der Waals surface area contributed by atoms with Crippen LogP contribution in [0.15, 0.2) is 96.7 Å². The molecule has 0 fully saturated rings. The van der Waals surface area contributed by atoms with E-state index in [9.17, 15) is 4.79 Å². The summed E-state index contributed by atoms with van der Waals surface area (Å²) in [7, 11) is 3.25. The van der Waals surface area contributed by atoms with Gasteiger partial charge < -0.3 is 14.4 Å². The molecule has 3 aromatic carbocycles. The van der Waals surface area contributed by atoms with Gasteiger partial charge in [-0.3, -0.25) is 9.36 Å². The Balaban J connectivity index is 1.68. The predicted octanol–water partition coefficient (Wildman–Crippen LogP) is 5.26. The number of nitrogens with zero attached hydrogens (tertiary/aromatic N) is 4. The second-order valence-electron chi connectivity index (χ2n) is 7.46. The Labute approximate surface area is 209 Å². The van der Waals surface area contributed by atoms with Crippen LogP contribution in [0.1, 0.15) is 0 Å². The van der Waals surface area contributed by atoms with Gasteiger partial charge in [0.25, 0.3) is 0 Å². The van der Waals surface area contributed by atoms with E-state index in [4.69, 9.17) is 9.47 Å². The number of hydrogen-bond donors (Lipinski definition) is 0. The number of anilines is 1. The second-order valence-corrected chi connectivity index (χ2v) is 8.40. The standard InChI is InChI=1S/C27H26N4O3S/c1-4-18-30(20-10-6-5-7-11-20)25(32)19-35-27-29-28-26(23-12-8-9-13-24(23)34-3)31(27)21-14-16-22(33-2)17-15-21/h4-17H,1,18-19H2,2-3H3. The first-order valence-corrected chi connectivity index (χ1v) is 12.0. The van der Waals surface area contributed by atoms with Crippen molar-refractivity contribution < 1.29 is 14.3 Å². The Kier molecular flexibility index (Phi) is 7.84. The Morgan fingerprint density at radius 1 is 0.971 bits per heavy atom. The third kappa shape index (κ3) is 5.38. The number of amides is 1. The highest BCUT2D eigenvalue weighted by atomic mass is 32.2. The number of carbonyl (C=O) groups excluding carboxylic acids is 1. The van der Waals surface area contributed by atoms with Crippen LogP contribution in [-0.2, 0) is 4.79 Å². The van der Waals surface area contributed by atoms with Gasteiger partial charge in [0.1, 0.15) is 11.5 Å². The molecule has 8 heteroatoms. The lowest BCUT2D eigenvalue weighted by Crippen LogP contribution is -2.32. The minimum atomic E-state index is -0.0516. The fourth-order valence-corrected chi connectivity index (χ4v) is 4.45. The molecule has 0 N–H and O–H groups in total. The van der Waals surface area contributed by atoms with E-state index in [2.05, 4.69) is 16.8 Å². The zero-order chi connectivity index (χ0) is 24.6. The summed E-state index contributed by atoms with van der Waals surface area (Å²) in [6, 6.07) is 24.8. The normalized spacial score (nSPS) is 10.6. The minimum Gasteiger partial charge on any atom is -0.497 e. The lowest BCUT2D eigenvalue weighted by atomic mass is 10.2. The molecule has 0 spiro atoms. The third-order valence-electron chi connectivity index (χ3n) is 5.32. The van der Waals surface area contributed by atoms with Crippen LogP contribution in [0.25, 0.3) is 17.1 Å². The van der Waals surface area contributed by atoms with Crippen molar-refractivity contribution in [2.24, 2.45) is 0 Å². The van der Waals surface area contributed by atoms with E-state index in [1.54, 1.807) is 25.2 Å². The molecule has 35 heavy (non-hydrogen) atoms. The molecule has 1 heterocycles. The number of rotatable bonds is 10. The number of thioether (sulfide) groups is 1. The number of hydrogen-bond acceptors (Lipinski definition) is 6. The van der Waals surface area contributed by atoms with Gasteiger partial charge in [-0.25, -0.2) is 0 Å². The molecule has 7 nitrogen and oxygen atoms in total. The van der Waals surface area contributed by atoms with Gasteiger partial charge >= 0.3 is 0 Å². The molecule has 0 saturated heterocycles. The molecule has 0 aliphatic carbocycles. The summed E-state index contributed by atoms with van der Waals surface area (Å²) in [6.07, 6.45) is 1.72. The Morgan fingerprint density at radius 3 is 2.37 bits per heavy atom. The van der Waals surface area contributed by atoms with Crippen molar-refractivity contribution in [3.05, 3.63) is 91.5 Å². The van der Waals surface area contributed by atoms with Gasteiger partial charge in [-0.15, -0.1) is 16.8 Å². The van der Waals surface area contributed by atoms with E-state index >= 15 is 0 Å². The molecule has 0 radical (unpaired) electrons. The molecule has 0 aliphatic rings. The summed E-state index contributed by atoms with van der Waals surface area (Å²) in [5.41, 5.74) is 2.47. The molecule has 1 amide bonds. The molecule has 1 aromatic heterocycles. The number of para-hydroxylation sites is 2. The maximum Gasteiger partial charge on any atom is 0.237 e. The topological polar surface area (TPSA) is 69.5 Å². The zero-order valence-electron chi connectivity index (χ0n) is 19.6. The number of methoxy groups -OCH3 is 2. The SMILES string of the molecule is C=CCN(C(=O)CSc1nnc(-c2ccccc2OC)n1-c1ccc(OC)cc1)c1ccccc1. The summed E-state index contributed by atoms with van der Waals surface area (Å²) < 4.78 is 12.8. The fourth-order valence-electron chi connectivity index (χ4n) is 3.62. The lowest BCUT2D eigenvalue weighted by Gasteiger charge is -2.21. The van der Waals surface area contributed by atoms with Crippen LogP contribution >= 0.6 is 11.8 Å². The molecule has 0 bridgehead atoms. The van der Waals surface area contributed by atoms with E-state index in [0.29, 0.717) is 23.3 Å². The van der Waals surface area contributed by atoms with Crippen molar-refractivity contribution in [2.45, 2.75) is 5.16 Å². The van der Waals surface area contributed by atoms with E-state index < -0.39 is 0 Å². The maximum atomic E-state index is 13.2. The average molecular weight is 487 g/mol. The van der Waals surface area contributed by atoms with Crippen molar-refractivity contribution in [3.8, 4) is 28.6 Å². The summed E-state index contributed by atoms with van der Waals surface area (Å²) in [5, 5.41) is 9.50. The Hall–Kier alpha value is -4.04. The molecule has 4 aromatic rings. The first-order valence-electron chi connectivity index (χ1n) is 11.0. The van der Waals surface area contributed by atoms with Crippen LogP contribution in [0, 0.1) is 0 Å². The van der Waals surface area contributed by atoms with Gasteiger partial charge in [0.05, 0.1) is 31.2 Å². The maximum absolute atomic E-state index is 13.2. The number of benzene rings is 3. The van der Waals surface area contributed by atoms with Crippen LogP contribution in [0.3, 0.4) is 0 Å². The van der Waals surface area contributed by atoms with Crippen molar-refractivity contribution in [1.82, 2.24) is 14.8 Å². The molecule has 4 rings (SSSR count). The van der Waals surface area contributed by atoms with Gasteiger partial charge in [0, 0.05) is 12.2 Å². The quantitative estimate of drug-likeness (QED) is 0.225. The van der Waals surface area contributed by atoms with Crippen molar-refractivity contribution in [3.63, 3.8) is 0 Å². The van der Waals surface area contributed by atoms with Crippen LogP contribution in [-0.4, -0.2) is 47.2 Å².